The lowest BCUT2D eigenvalue weighted by Gasteiger charge is -2.29. The second kappa shape index (κ2) is 5.94. The molecule has 1 unspecified atom stereocenters. The zero-order chi connectivity index (χ0) is 14.9. The first-order valence-electron chi connectivity index (χ1n) is 7.64. The third-order valence-electron chi connectivity index (χ3n) is 4.30. The van der Waals surface area contributed by atoms with Crippen molar-refractivity contribution in [1.82, 2.24) is 10.0 Å². The first-order valence-corrected chi connectivity index (χ1v) is 9.13. The van der Waals surface area contributed by atoms with Crippen LogP contribution in [-0.2, 0) is 10.0 Å². The lowest BCUT2D eigenvalue weighted by Crippen LogP contribution is -2.39. The van der Waals surface area contributed by atoms with Crippen LogP contribution >= 0.6 is 0 Å². The molecule has 0 amide bonds. The van der Waals surface area contributed by atoms with Crippen molar-refractivity contribution in [2.75, 3.05) is 25.0 Å². The fraction of sp³-hybridized carbons (Fsp3) is 0.600. The quantitative estimate of drug-likeness (QED) is 0.832. The average molecular weight is 309 g/mol. The first kappa shape index (κ1) is 14.8. The van der Waals surface area contributed by atoms with Gasteiger partial charge >= 0.3 is 0 Å². The van der Waals surface area contributed by atoms with Crippen molar-refractivity contribution < 1.29 is 8.42 Å². The van der Waals surface area contributed by atoms with Crippen molar-refractivity contribution in [2.24, 2.45) is 0 Å². The predicted octanol–water partition coefficient (Wildman–Crippen LogP) is 1.32. The van der Waals surface area contributed by atoms with E-state index in [0.717, 1.165) is 31.6 Å². The van der Waals surface area contributed by atoms with Crippen LogP contribution < -0.4 is 14.9 Å². The van der Waals surface area contributed by atoms with Crippen LogP contribution in [0, 0.1) is 0 Å². The molecule has 21 heavy (non-hydrogen) atoms. The van der Waals surface area contributed by atoms with Crippen LogP contribution in [0.3, 0.4) is 0 Å². The van der Waals surface area contributed by atoms with E-state index in [2.05, 4.69) is 14.9 Å². The van der Waals surface area contributed by atoms with Crippen molar-refractivity contribution in [3.05, 3.63) is 24.3 Å². The molecule has 5 nitrogen and oxygen atoms in total. The van der Waals surface area contributed by atoms with Gasteiger partial charge in [0.15, 0.2) is 0 Å². The highest BCUT2D eigenvalue weighted by molar-refractivity contribution is 7.89. The van der Waals surface area contributed by atoms with E-state index in [1.165, 1.54) is 19.9 Å². The zero-order valence-electron chi connectivity index (χ0n) is 12.4. The van der Waals surface area contributed by atoms with Crippen LogP contribution in [0.2, 0.25) is 0 Å². The highest BCUT2D eigenvalue weighted by atomic mass is 32.2. The minimum atomic E-state index is -3.43. The molecule has 2 aliphatic rings. The molecule has 1 aromatic rings. The largest absolute Gasteiger partial charge is 0.366 e. The molecule has 6 heteroatoms. The second-order valence-corrected chi connectivity index (χ2v) is 7.71. The predicted molar refractivity (Wildman–Crippen MR) is 84.1 cm³/mol. The van der Waals surface area contributed by atoms with Crippen molar-refractivity contribution in [3.63, 3.8) is 0 Å². The summed E-state index contributed by atoms with van der Waals surface area (Å²) in [5.41, 5.74) is 0.836. The average Bonchev–Trinajstić information content (AvgIpc) is 3.21. The zero-order valence-corrected chi connectivity index (χ0v) is 13.2. The summed E-state index contributed by atoms with van der Waals surface area (Å²) in [6.45, 7) is 1.96. The van der Waals surface area contributed by atoms with Crippen LogP contribution in [0.5, 0.6) is 0 Å². The maximum Gasteiger partial charge on any atom is 0.242 e. The van der Waals surface area contributed by atoms with Gasteiger partial charge in [0.1, 0.15) is 4.90 Å². The summed E-state index contributed by atoms with van der Waals surface area (Å²) >= 11 is 0. The Morgan fingerprint density at radius 3 is 2.67 bits per heavy atom. The molecular formula is C15H23N3O2S. The van der Waals surface area contributed by atoms with Crippen LogP contribution in [0.25, 0.3) is 0 Å². The van der Waals surface area contributed by atoms with E-state index in [0.29, 0.717) is 17.0 Å². The van der Waals surface area contributed by atoms with Gasteiger partial charge in [-0.2, -0.15) is 0 Å². The molecule has 1 aliphatic heterocycles. The standard InChI is InChI=1S/C15H23N3O2S/c1-16-21(19,20)15-7-3-2-6-14(15)18(13-8-9-13)11-12-5-4-10-17-12/h2-3,6-7,12-13,16-17H,4-5,8-11H2,1H3. The molecule has 0 radical (unpaired) electrons. The molecule has 0 spiro atoms. The highest BCUT2D eigenvalue weighted by Crippen LogP contribution is 2.35. The Labute approximate surface area is 126 Å². The van der Waals surface area contributed by atoms with Gasteiger partial charge in [0.2, 0.25) is 10.0 Å². The third-order valence-corrected chi connectivity index (χ3v) is 5.76. The van der Waals surface area contributed by atoms with E-state index < -0.39 is 10.0 Å². The number of hydrogen-bond donors (Lipinski definition) is 2. The van der Waals surface area contributed by atoms with Gasteiger partial charge in [0.25, 0.3) is 0 Å². The minimum absolute atomic E-state index is 0.386. The molecule has 1 saturated heterocycles. The number of para-hydroxylation sites is 1. The minimum Gasteiger partial charge on any atom is -0.366 e. The number of hydrogen-bond acceptors (Lipinski definition) is 4. The van der Waals surface area contributed by atoms with Crippen LogP contribution in [0.4, 0.5) is 5.69 Å². The fourth-order valence-electron chi connectivity index (χ4n) is 3.01. The second-order valence-electron chi connectivity index (χ2n) is 5.85. The van der Waals surface area contributed by atoms with E-state index in [-0.39, 0.29) is 0 Å². The summed E-state index contributed by atoms with van der Waals surface area (Å²) in [4.78, 5) is 2.67. The molecule has 1 saturated carbocycles. The summed E-state index contributed by atoms with van der Waals surface area (Å²) < 4.78 is 26.9. The van der Waals surface area contributed by atoms with E-state index in [1.807, 2.05) is 12.1 Å². The van der Waals surface area contributed by atoms with Gasteiger partial charge in [-0.15, -0.1) is 0 Å². The van der Waals surface area contributed by atoms with Gasteiger partial charge in [0.05, 0.1) is 5.69 Å². The number of nitrogens with one attached hydrogen (secondary N) is 2. The van der Waals surface area contributed by atoms with Crippen LogP contribution in [0.15, 0.2) is 29.2 Å². The summed E-state index contributed by atoms with van der Waals surface area (Å²) in [5, 5.41) is 3.50. The number of nitrogens with zero attached hydrogens (tertiary/aromatic N) is 1. The molecule has 2 fully saturated rings. The lowest BCUT2D eigenvalue weighted by atomic mass is 10.2. The SMILES string of the molecule is CNS(=O)(=O)c1ccccc1N(CC1CCCN1)C1CC1. The number of anilines is 1. The highest BCUT2D eigenvalue weighted by Gasteiger charge is 2.34. The number of sulfonamides is 1. The molecule has 1 aromatic carbocycles. The Morgan fingerprint density at radius 1 is 1.29 bits per heavy atom. The maximum atomic E-state index is 12.3. The summed E-state index contributed by atoms with van der Waals surface area (Å²) in [6.07, 6.45) is 4.69. The lowest BCUT2D eigenvalue weighted by molar-refractivity contribution is 0.571. The molecule has 1 atom stereocenters. The summed E-state index contributed by atoms with van der Waals surface area (Å²) in [6, 6.07) is 8.28. The Kier molecular flexibility index (Phi) is 4.19. The maximum absolute atomic E-state index is 12.3. The Hall–Kier alpha value is -1.11. The summed E-state index contributed by atoms with van der Waals surface area (Å²) in [5.74, 6) is 0. The third kappa shape index (κ3) is 3.22. The first-order chi connectivity index (χ1) is 10.1. The Bertz CT molecular complexity index is 593. The Morgan fingerprint density at radius 2 is 2.05 bits per heavy atom. The van der Waals surface area contributed by atoms with Gasteiger partial charge in [-0.3, -0.25) is 0 Å². The normalized spacial score (nSPS) is 22.4. The summed E-state index contributed by atoms with van der Waals surface area (Å²) in [7, 11) is -1.96. The molecule has 0 aromatic heterocycles. The molecule has 3 rings (SSSR count). The Balaban J connectivity index is 1.92. The van der Waals surface area contributed by atoms with E-state index in [4.69, 9.17) is 0 Å². The number of rotatable bonds is 6. The fourth-order valence-corrected chi connectivity index (χ4v) is 3.95. The van der Waals surface area contributed by atoms with Crippen molar-refractivity contribution in [3.8, 4) is 0 Å². The van der Waals surface area contributed by atoms with Crippen LogP contribution in [0.1, 0.15) is 25.7 Å². The topological polar surface area (TPSA) is 61.4 Å². The molecule has 1 heterocycles. The van der Waals surface area contributed by atoms with Gasteiger partial charge in [-0.05, 0) is 51.4 Å². The molecular weight excluding hydrogens is 286 g/mol. The van der Waals surface area contributed by atoms with E-state index in [9.17, 15) is 8.42 Å². The van der Waals surface area contributed by atoms with Gasteiger partial charge in [0, 0.05) is 18.6 Å². The van der Waals surface area contributed by atoms with E-state index >= 15 is 0 Å². The molecule has 0 bridgehead atoms. The van der Waals surface area contributed by atoms with Crippen molar-refractivity contribution >= 4 is 15.7 Å². The molecule has 2 N–H and O–H groups in total. The molecule has 1 aliphatic carbocycles. The van der Waals surface area contributed by atoms with E-state index in [1.54, 1.807) is 12.1 Å². The number of benzene rings is 1. The smallest absolute Gasteiger partial charge is 0.242 e. The van der Waals surface area contributed by atoms with Gasteiger partial charge in [-0.1, -0.05) is 12.1 Å². The molecule has 116 valence electrons. The monoisotopic (exact) mass is 309 g/mol. The van der Waals surface area contributed by atoms with Crippen molar-refractivity contribution in [2.45, 2.75) is 42.7 Å². The van der Waals surface area contributed by atoms with Gasteiger partial charge < -0.3 is 10.2 Å². The van der Waals surface area contributed by atoms with Crippen LogP contribution in [-0.4, -0.2) is 40.6 Å². The van der Waals surface area contributed by atoms with Gasteiger partial charge in [-0.25, -0.2) is 13.1 Å². The van der Waals surface area contributed by atoms with Crippen molar-refractivity contribution in [1.29, 1.82) is 0 Å².